The molecule has 1 unspecified atom stereocenters. The van der Waals surface area contributed by atoms with Gasteiger partial charge in [-0.25, -0.2) is 9.50 Å². The molecule has 0 aliphatic rings. The quantitative estimate of drug-likeness (QED) is 0.849. The molecule has 0 bridgehead atoms. The number of nitrogens with zero attached hydrogens (tertiary/aromatic N) is 4. The van der Waals surface area contributed by atoms with Crippen LogP contribution in [0.2, 0.25) is 0 Å². The van der Waals surface area contributed by atoms with Crippen molar-refractivity contribution in [2.75, 3.05) is 17.2 Å². The number of hydrogen-bond acceptors (Lipinski definition) is 5. The second-order valence-corrected chi connectivity index (χ2v) is 4.72. The van der Waals surface area contributed by atoms with Crippen LogP contribution in [0.4, 0.5) is 11.6 Å². The standard InChI is InChI=1S/C13H20N6O/c1-4-8(3)18(5-2)9-6-7-19-13(16-9)10(12(15)20)11(14)17-19/h6-8H,4-5H2,1-3H3,(H2,14,17)(H2,15,20). The lowest BCUT2D eigenvalue weighted by atomic mass is 10.2. The van der Waals surface area contributed by atoms with Crippen LogP contribution in [0.1, 0.15) is 37.6 Å². The molecule has 0 fully saturated rings. The Morgan fingerprint density at radius 2 is 2.20 bits per heavy atom. The van der Waals surface area contributed by atoms with Crippen LogP contribution in [0.5, 0.6) is 0 Å². The van der Waals surface area contributed by atoms with E-state index < -0.39 is 5.91 Å². The van der Waals surface area contributed by atoms with Crippen molar-refractivity contribution < 1.29 is 4.79 Å². The van der Waals surface area contributed by atoms with Crippen LogP contribution in [0, 0.1) is 0 Å². The van der Waals surface area contributed by atoms with Crippen LogP contribution in [0.3, 0.4) is 0 Å². The molecule has 0 radical (unpaired) electrons. The van der Waals surface area contributed by atoms with Crippen LogP contribution >= 0.6 is 0 Å². The number of amides is 1. The summed E-state index contributed by atoms with van der Waals surface area (Å²) in [5.74, 6) is 0.277. The van der Waals surface area contributed by atoms with Crippen LogP contribution < -0.4 is 16.4 Å². The lowest BCUT2D eigenvalue weighted by molar-refractivity contribution is 0.100. The fraction of sp³-hybridized carbons (Fsp3) is 0.462. The zero-order valence-corrected chi connectivity index (χ0v) is 12.0. The largest absolute Gasteiger partial charge is 0.381 e. The highest BCUT2D eigenvalue weighted by Gasteiger charge is 2.19. The number of fused-ring (bicyclic) bond motifs is 1. The summed E-state index contributed by atoms with van der Waals surface area (Å²) >= 11 is 0. The zero-order valence-electron chi connectivity index (χ0n) is 12.0. The van der Waals surface area contributed by atoms with E-state index in [1.165, 1.54) is 4.52 Å². The third kappa shape index (κ3) is 2.26. The summed E-state index contributed by atoms with van der Waals surface area (Å²) in [4.78, 5) is 18.1. The molecule has 0 aliphatic heterocycles. The van der Waals surface area contributed by atoms with Crippen molar-refractivity contribution in [3.05, 3.63) is 17.8 Å². The summed E-state index contributed by atoms with van der Waals surface area (Å²) in [6, 6.07) is 2.21. The van der Waals surface area contributed by atoms with Gasteiger partial charge in [-0.3, -0.25) is 4.79 Å². The Kier molecular flexibility index (Phi) is 3.78. The van der Waals surface area contributed by atoms with Gasteiger partial charge >= 0.3 is 0 Å². The molecular weight excluding hydrogens is 256 g/mol. The summed E-state index contributed by atoms with van der Waals surface area (Å²) in [6.07, 6.45) is 2.75. The van der Waals surface area contributed by atoms with E-state index in [0.29, 0.717) is 11.7 Å². The Balaban J connectivity index is 2.57. The van der Waals surface area contributed by atoms with E-state index in [1.54, 1.807) is 6.20 Å². The maximum atomic E-state index is 11.5. The first-order chi connectivity index (χ1) is 9.49. The number of carbonyl (C=O) groups excluding carboxylic acids is 1. The number of rotatable bonds is 5. The van der Waals surface area contributed by atoms with Gasteiger partial charge in [0.05, 0.1) is 0 Å². The van der Waals surface area contributed by atoms with Crippen LogP contribution in [-0.4, -0.2) is 33.1 Å². The van der Waals surface area contributed by atoms with Gasteiger partial charge in [-0.05, 0) is 26.3 Å². The van der Waals surface area contributed by atoms with Gasteiger partial charge in [0.15, 0.2) is 11.5 Å². The molecule has 4 N–H and O–H groups in total. The smallest absolute Gasteiger partial charge is 0.256 e. The Labute approximate surface area is 117 Å². The monoisotopic (exact) mass is 276 g/mol. The highest BCUT2D eigenvalue weighted by atomic mass is 16.1. The number of carbonyl (C=O) groups is 1. The number of nitrogens with two attached hydrogens (primary N) is 2. The van der Waals surface area contributed by atoms with Crippen molar-refractivity contribution in [1.29, 1.82) is 0 Å². The molecule has 7 nitrogen and oxygen atoms in total. The zero-order chi connectivity index (χ0) is 14.9. The van der Waals surface area contributed by atoms with Gasteiger partial charge in [0.25, 0.3) is 5.91 Å². The SMILES string of the molecule is CCC(C)N(CC)c1ccn2nc(N)c(C(N)=O)c2n1. The molecule has 2 aromatic rings. The molecule has 7 heteroatoms. The molecule has 2 aromatic heterocycles. The lowest BCUT2D eigenvalue weighted by Gasteiger charge is -2.28. The molecule has 0 saturated heterocycles. The molecule has 0 aliphatic carbocycles. The second kappa shape index (κ2) is 5.36. The predicted molar refractivity (Wildman–Crippen MR) is 78.7 cm³/mol. The molecule has 2 rings (SSSR count). The topological polar surface area (TPSA) is 103 Å². The van der Waals surface area contributed by atoms with Crippen molar-refractivity contribution in [1.82, 2.24) is 14.6 Å². The van der Waals surface area contributed by atoms with Crippen molar-refractivity contribution in [2.45, 2.75) is 33.2 Å². The molecule has 1 atom stereocenters. The van der Waals surface area contributed by atoms with E-state index in [-0.39, 0.29) is 11.4 Å². The van der Waals surface area contributed by atoms with E-state index in [9.17, 15) is 4.79 Å². The second-order valence-electron chi connectivity index (χ2n) is 4.72. The molecule has 20 heavy (non-hydrogen) atoms. The first kappa shape index (κ1) is 14.1. The summed E-state index contributed by atoms with van der Waals surface area (Å²) in [5.41, 5.74) is 11.6. The Hall–Kier alpha value is -2.31. The minimum atomic E-state index is -0.617. The van der Waals surface area contributed by atoms with Crippen LogP contribution in [0.25, 0.3) is 5.65 Å². The third-order valence-corrected chi connectivity index (χ3v) is 3.50. The number of primary amides is 1. The molecule has 1 amide bonds. The molecule has 108 valence electrons. The summed E-state index contributed by atoms with van der Waals surface area (Å²) in [6.45, 7) is 7.15. The van der Waals surface area contributed by atoms with Crippen LogP contribution in [-0.2, 0) is 0 Å². The average Bonchev–Trinajstić information content (AvgIpc) is 2.74. The molecule has 0 saturated carbocycles. The van der Waals surface area contributed by atoms with Gasteiger partial charge in [0.1, 0.15) is 11.4 Å². The Bertz CT molecular complexity index is 635. The third-order valence-electron chi connectivity index (χ3n) is 3.50. The first-order valence-electron chi connectivity index (χ1n) is 6.70. The average molecular weight is 276 g/mol. The summed E-state index contributed by atoms with van der Waals surface area (Å²) < 4.78 is 1.48. The minimum absolute atomic E-state index is 0.105. The molecule has 0 spiro atoms. The predicted octanol–water partition coefficient (Wildman–Crippen LogP) is 1.04. The van der Waals surface area contributed by atoms with Gasteiger partial charge in [-0.2, -0.15) is 0 Å². The van der Waals surface area contributed by atoms with Crippen molar-refractivity contribution in [3.63, 3.8) is 0 Å². The highest BCUT2D eigenvalue weighted by molar-refractivity contribution is 6.03. The Morgan fingerprint density at radius 1 is 1.50 bits per heavy atom. The van der Waals surface area contributed by atoms with Crippen molar-refractivity contribution >= 4 is 23.2 Å². The van der Waals surface area contributed by atoms with Crippen molar-refractivity contribution in [3.8, 4) is 0 Å². The maximum Gasteiger partial charge on any atom is 0.256 e. The number of anilines is 2. The van der Waals surface area contributed by atoms with E-state index in [2.05, 4.69) is 35.8 Å². The number of hydrogen-bond donors (Lipinski definition) is 2. The first-order valence-corrected chi connectivity index (χ1v) is 6.70. The lowest BCUT2D eigenvalue weighted by Crippen LogP contribution is -2.33. The van der Waals surface area contributed by atoms with Gasteiger partial charge in [0, 0.05) is 18.8 Å². The molecule has 2 heterocycles. The fourth-order valence-electron chi connectivity index (χ4n) is 2.25. The number of aromatic nitrogens is 3. The van der Waals surface area contributed by atoms with Gasteiger partial charge < -0.3 is 16.4 Å². The molecule has 0 aromatic carbocycles. The maximum absolute atomic E-state index is 11.5. The van der Waals surface area contributed by atoms with Gasteiger partial charge in [0.2, 0.25) is 0 Å². The highest BCUT2D eigenvalue weighted by Crippen LogP contribution is 2.21. The fourth-order valence-corrected chi connectivity index (χ4v) is 2.25. The Morgan fingerprint density at radius 3 is 2.75 bits per heavy atom. The normalized spacial score (nSPS) is 12.6. The van der Waals surface area contributed by atoms with E-state index >= 15 is 0 Å². The van der Waals surface area contributed by atoms with Gasteiger partial charge in [-0.1, -0.05) is 6.92 Å². The van der Waals surface area contributed by atoms with E-state index in [1.807, 2.05) is 6.07 Å². The van der Waals surface area contributed by atoms with Crippen molar-refractivity contribution in [2.24, 2.45) is 5.73 Å². The summed E-state index contributed by atoms with van der Waals surface area (Å²) in [5, 5.41) is 4.04. The van der Waals surface area contributed by atoms with Crippen LogP contribution in [0.15, 0.2) is 12.3 Å². The van der Waals surface area contributed by atoms with E-state index in [4.69, 9.17) is 11.5 Å². The summed E-state index contributed by atoms with van der Waals surface area (Å²) in [7, 11) is 0. The van der Waals surface area contributed by atoms with E-state index in [0.717, 1.165) is 18.8 Å². The van der Waals surface area contributed by atoms with Gasteiger partial charge in [-0.15, -0.1) is 5.10 Å². The number of nitrogen functional groups attached to an aromatic ring is 1. The molecular formula is C13H20N6O. The minimum Gasteiger partial charge on any atom is -0.381 e.